The second-order valence-electron chi connectivity index (χ2n) is 5.25. The van der Waals surface area contributed by atoms with Crippen LogP contribution in [0.15, 0.2) is 54.0 Å². The second kappa shape index (κ2) is 7.94. The molecule has 8 nitrogen and oxygen atoms in total. The van der Waals surface area contributed by atoms with E-state index in [1.165, 1.54) is 29.5 Å². The number of rotatable bonds is 5. The Labute approximate surface area is 162 Å². The summed E-state index contributed by atoms with van der Waals surface area (Å²) >= 11 is 7.03. The number of nitro groups is 1. The highest BCUT2D eigenvalue weighted by atomic mass is 35.5. The Bertz CT molecular complexity index is 1020. The van der Waals surface area contributed by atoms with Crippen molar-refractivity contribution >= 4 is 51.3 Å². The number of nitrogens with one attached hydrogen (secondary N) is 2. The topological polar surface area (TPSA) is 114 Å². The summed E-state index contributed by atoms with van der Waals surface area (Å²) in [6.45, 7) is 0. The molecule has 0 radical (unpaired) electrons. The standard InChI is InChI=1S/C17H11ClN4O4S/c18-13-5-4-11(9-14(13)22(25)26)15(23)20-12-3-1-2-10(8-12)16(24)21-17-19-6-7-27-17/h1-9H,(H,20,23)(H,19,21,24). The number of aromatic nitrogens is 1. The fourth-order valence-electron chi connectivity index (χ4n) is 2.19. The Morgan fingerprint density at radius 3 is 2.52 bits per heavy atom. The summed E-state index contributed by atoms with van der Waals surface area (Å²) in [6, 6.07) is 10.0. The first-order chi connectivity index (χ1) is 12.9. The summed E-state index contributed by atoms with van der Waals surface area (Å²) in [5, 5.41) is 18.3. The first kappa shape index (κ1) is 18.5. The minimum atomic E-state index is -0.664. The quantitative estimate of drug-likeness (QED) is 0.490. The SMILES string of the molecule is O=C(Nc1cccc(C(=O)Nc2nccs2)c1)c1ccc(Cl)c([N+](=O)[O-])c1. The lowest BCUT2D eigenvalue weighted by atomic mass is 10.1. The van der Waals surface area contributed by atoms with Crippen LogP contribution in [0.5, 0.6) is 0 Å². The third-order valence-electron chi connectivity index (χ3n) is 3.44. The number of benzene rings is 2. The van der Waals surface area contributed by atoms with Crippen LogP contribution in [0.25, 0.3) is 0 Å². The Hall–Kier alpha value is -3.30. The molecule has 0 spiro atoms. The zero-order chi connectivity index (χ0) is 19.4. The van der Waals surface area contributed by atoms with Gasteiger partial charge in [0.15, 0.2) is 5.13 Å². The molecular weight excluding hydrogens is 392 g/mol. The third kappa shape index (κ3) is 4.46. The number of carbonyl (C=O) groups is 2. The van der Waals surface area contributed by atoms with Gasteiger partial charge in [0, 0.05) is 34.5 Å². The summed E-state index contributed by atoms with van der Waals surface area (Å²) in [6.07, 6.45) is 1.57. The lowest BCUT2D eigenvalue weighted by Crippen LogP contribution is -2.14. The van der Waals surface area contributed by atoms with Gasteiger partial charge in [-0.05, 0) is 30.3 Å². The van der Waals surface area contributed by atoms with E-state index in [-0.39, 0.29) is 22.2 Å². The van der Waals surface area contributed by atoms with E-state index >= 15 is 0 Å². The maximum absolute atomic E-state index is 12.4. The molecule has 27 heavy (non-hydrogen) atoms. The summed E-state index contributed by atoms with van der Waals surface area (Å²) in [4.78, 5) is 38.8. The first-order valence-electron chi connectivity index (χ1n) is 7.50. The Kier molecular flexibility index (Phi) is 5.43. The van der Waals surface area contributed by atoms with Crippen LogP contribution in [0.1, 0.15) is 20.7 Å². The van der Waals surface area contributed by atoms with Crippen LogP contribution in [0.2, 0.25) is 5.02 Å². The average molecular weight is 403 g/mol. The van der Waals surface area contributed by atoms with Crippen molar-refractivity contribution in [3.8, 4) is 0 Å². The number of carbonyl (C=O) groups excluding carboxylic acids is 2. The van der Waals surface area contributed by atoms with Gasteiger partial charge in [0.05, 0.1) is 4.92 Å². The van der Waals surface area contributed by atoms with E-state index in [0.717, 1.165) is 6.07 Å². The maximum Gasteiger partial charge on any atom is 0.288 e. The molecule has 10 heteroatoms. The number of nitro benzene ring substituents is 1. The molecule has 0 aliphatic heterocycles. The fourth-order valence-corrected chi connectivity index (χ4v) is 2.90. The Morgan fingerprint density at radius 1 is 1.07 bits per heavy atom. The second-order valence-corrected chi connectivity index (χ2v) is 6.55. The smallest absolute Gasteiger partial charge is 0.288 e. The predicted octanol–water partition coefficient (Wildman–Crippen LogP) is 4.21. The van der Waals surface area contributed by atoms with Gasteiger partial charge >= 0.3 is 0 Å². The van der Waals surface area contributed by atoms with Crippen molar-refractivity contribution < 1.29 is 14.5 Å². The molecule has 0 fully saturated rings. The van der Waals surface area contributed by atoms with Crippen LogP contribution in [0, 0.1) is 10.1 Å². The summed E-state index contributed by atoms with van der Waals surface area (Å²) in [7, 11) is 0. The number of hydrogen-bond acceptors (Lipinski definition) is 6. The number of halogens is 1. The molecule has 0 atom stereocenters. The Morgan fingerprint density at radius 2 is 1.81 bits per heavy atom. The molecule has 0 saturated carbocycles. The highest BCUT2D eigenvalue weighted by Crippen LogP contribution is 2.25. The summed E-state index contributed by atoms with van der Waals surface area (Å²) in [5.41, 5.74) is 0.402. The number of hydrogen-bond donors (Lipinski definition) is 2. The van der Waals surface area contributed by atoms with Gasteiger partial charge in [-0.2, -0.15) is 0 Å². The molecule has 2 aromatic carbocycles. The number of thiazole rings is 1. The normalized spacial score (nSPS) is 10.3. The molecule has 1 heterocycles. The minimum absolute atomic E-state index is 0.0580. The molecule has 0 aliphatic carbocycles. The van der Waals surface area contributed by atoms with Gasteiger partial charge in [0.1, 0.15) is 5.02 Å². The largest absolute Gasteiger partial charge is 0.322 e. The average Bonchev–Trinajstić information content (AvgIpc) is 3.15. The number of amides is 2. The molecule has 0 unspecified atom stereocenters. The Balaban J connectivity index is 1.76. The molecule has 2 N–H and O–H groups in total. The fraction of sp³-hybridized carbons (Fsp3) is 0. The van der Waals surface area contributed by atoms with E-state index in [2.05, 4.69) is 15.6 Å². The van der Waals surface area contributed by atoms with Crippen LogP contribution in [-0.4, -0.2) is 21.7 Å². The van der Waals surface area contributed by atoms with Gasteiger partial charge in [0.2, 0.25) is 0 Å². The van der Waals surface area contributed by atoms with E-state index < -0.39 is 10.8 Å². The van der Waals surface area contributed by atoms with Crippen LogP contribution in [0.3, 0.4) is 0 Å². The number of anilines is 2. The van der Waals surface area contributed by atoms with Crippen molar-refractivity contribution in [3.63, 3.8) is 0 Å². The molecule has 3 aromatic rings. The van der Waals surface area contributed by atoms with Crippen LogP contribution in [0.4, 0.5) is 16.5 Å². The first-order valence-corrected chi connectivity index (χ1v) is 8.76. The van der Waals surface area contributed by atoms with Gasteiger partial charge in [-0.25, -0.2) is 4.98 Å². The molecule has 2 amide bonds. The molecule has 0 bridgehead atoms. The van der Waals surface area contributed by atoms with Crippen molar-refractivity contribution in [2.75, 3.05) is 10.6 Å². The molecule has 3 rings (SSSR count). The van der Waals surface area contributed by atoms with Gasteiger partial charge < -0.3 is 5.32 Å². The lowest BCUT2D eigenvalue weighted by molar-refractivity contribution is -0.384. The lowest BCUT2D eigenvalue weighted by Gasteiger charge is -2.08. The highest BCUT2D eigenvalue weighted by Gasteiger charge is 2.17. The summed E-state index contributed by atoms with van der Waals surface area (Å²) in [5.74, 6) is -0.935. The van der Waals surface area contributed by atoms with Gasteiger partial charge in [0.25, 0.3) is 17.5 Å². The van der Waals surface area contributed by atoms with E-state index in [1.807, 2.05) is 0 Å². The molecule has 136 valence electrons. The summed E-state index contributed by atoms with van der Waals surface area (Å²) < 4.78 is 0. The zero-order valence-corrected chi connectivity index (χ0v) is 15.1. The molecule has 1 aromatic heterocycles. The molecule has 0 aliphatic rings. The highest BCUT2D eigenvalue weighted by molar-refractivity contribution is 7.13. The van der Waals surface area contributed by atoms with Crippen molar-refractivity contribution in [3.05, 3.63) is 80.3 Å². The minimum Gasteiger partial charge on any atom is -0.322 e. The third-order valence-corrected chi connectivity index (χ3v) is 4.45. The van der Waals surface area contributed by atoms with Gasteiger partial charge in [-0.3, -0.25) is 25.0 Å². The zero-order valence-electron chi connectivity index (χ0n) is 13.5. The van der Waals surface area contributed by atoms with E-state index in [9.17, 15) is 19.7 Å². The van der Waals surface area contributed by atoms with Crippen molar-refractivity contribution in [1.82, 2.24) is 4.98 Å². The van der Waals surface area contributed by atoms with E-state index in [4.69, 9.17) is 11.6 Å². The monoisotopic (exact) mass is 402 g/mol. The van der Waals surface area contributed by atoms with Gasteiger partial charge in [-0.15, -0.1) is 11.3 Å². The predicted molar refractivity (Wildman–Crippen MR) is 103 cm³/mol. The van der Waals surface area contributed by atoms with Crippen LogP contribution < -0.4 is 10.6 Å². The van der Waals surface area contributed by atoms with Gasteiger partial charge in [-0.1, -0.05) is 17.7 Å². The van der Waals surface area contributed by atoms with Crippen LogP contribution in [-0.2, 0) is 0 Å². The molecule has 0 saturated heterocycles. The molecular formula is C17H11ClN4O4S. The van der Waals surface area contributed by atoms with E-state index in [1.54, 1.807) is 29.8 Å². The van der Waals surface area contributed by atoms with Crippen LogP contribution >= 0.6 is 22.9 Å². The van der Waals surface area contributed by atoms with Crippen molar-refractivity contribution in [1.29, 1.82) is 0 Å². The van der Waals surface area contributed by atoms with Crippen molar-refractivity contribution in [2.45, 2.75) is 0 Å². The van der Waals surface area contributed by atoms with Crippen molar-refractivity contribution in [2.24, 2.45) is 0 Å². The number of nitrogens with zero attached hydrogens (tertiary/aromatic N) is 2. The maximum atomic E-state index is 12.4. The van der Waals surface area contributed by atoms with E-state index in [0.29, 0.717) is 16.4 Å².